The summed E-state index contributed by atoms with van der Waals surface area (Å²) in [6.45, 7) is 3.03. The summed E-state index contributed by atoms with van der Waals surface area (Å²) >= 11 is 0. The van der Waals surface area contributed by atoms with Gasteiger partial charge in [0.2, 0.25) is 5.91 Å². The van der Waals surface area contributed by atoms with Crippen LogP contribution in [-0.4, -0.2) is 56.3 Å². The summed E-state index contributed by atoms with van der Waals surface area (Å²) in [5.74, 6) is 0.0688. The Balaban J connectivity index is 1.88. The topological polar surface area (TPSA) is 117 Å². The highest BCUT2D eigenvalue weighted by atomic mass is 32.2. The monoisotopic (exact) mass is 449 g/mol. The van der Waals surface area contributed by atoms with Gasteiger partial charge in [0, 0.05) is 31.7 Å². The van der Waals surface area contributed by atoms with E-state index in [0.29, 0.717) is 48.3 Å². The van der Waals surface area contributed by atoms with Gasteiger partial charge in [-0.25, -0.2) is 13.4 Å². The van der Waals surface area contributed by atoms with Crippen molar-refractivity contribution in [2.24, 2.45) is 16.6 Å². The van der Waals surface area contributed by atoms with Crippen LogP contribution in [0.4, 0.5) is 13.2 Å². The molecule has 12 heteroatoms. The Bertz CT molecular complexity index is 849. The zero-order valence-electron chi connectivity index (χ0n) is 16.6. The molecule has 1 fully saturated rings. The number of guanidine groups is 1. The average Bonchev–Trinajstić information content (AvgIpc) is 2.70. The van der Waals surface area contributed by atoms with Crippen LogP contribution in [0.2, 0.25) is 0 Å². The summed E-state index contributed by atoms with van der Waals surface area (Å²) in [5, 5.41) is 6.23. The second-order valence-electron chi connectivity index (χ2n) is 6.93. The molecule has 2 rings (SSSR count). The van der Waals surface area contributed by atoms with Crippen molar-refractivity contribution >= 4 is 21.9 Å². The molecule has 0 aliphatic carbocycles. The maximum absolute atomic E-state index is 12.7. The second kappa shape index (κ2) is 10.1. The first-order valence-corrected chi connectivity index (χ1v) is 11.0. The van der Waals surface area contributed by atoms with Crippen molar-refractivity contribution in [3.05, 3.63) is 35.4 Å². The third-order valence-corrected chi connectivity index (χ3v) is 6.40. The van der Waals surface area contributed by atoms with Gasteiger partial charge in [0.25, 0.3) is 0 Å². The van der Waals surface area contributed by atoms with Gasteiger partial charge >= 0.3 is 15.5 Å². The molecule has 1 heterocycles. The second-order valence-corrected chi connectivity index (χ2v) is 8.86. The van der Waals surface area contributed by atoms with Gasteiger partial charge in [0.15, 0.2) is 5.96 Å². The molecule has 0 bridgehead atoms. The number of nitrogens with one attached hydrogen (secondary N) is 2. The molecule has 30 heavy (non-hydrogen) atoms. The summed E-state index contributed by atoms with van der Waals surface area (Å²) in [4.78, 5) is 15.6. The molecule has 0 radical (unpaired) electrons. The number of aliphatic imine (C=N–C) groups is 1. The smallest absolute Gasteiger partial charge is 0.366 e. The van der Waals surface area contributed by atoms with Crippen molar-refractivity contribution in [3.63, 3.8) is 0 Å². The fourth-order valence-electron chi connectivity index (χ4n) is 3.03. The fraction of sp³-hybridized carbons (Fsp3) is 0.556. The molecule has 1 amide bonds. The summed E-state index contributed by atoms with van der Waals surface area (Å²) in [6, 6.07) is 6.75. The Kier molecular flexibility index (Phi) is 8.07. The number of hydrogen-bond acceptors (Lipinski definition) is 4. The molecule has 0 unspecified atom stereocenters. The number of carbonyl (C=O) groups is 1. The van der Waals surface area contributed by atoms with Gasteiger partial charge in [-0.1, -0.05) is 12.1 Å². The van der Waals surface area contributed by atoms with E-state index in [-0.39, 0.29) is 19.0 Å². The van der Waals surface area contributed by atoms with E-state index in [4.69, 9.17) is 5.73 Å². The third kappa shape index (κ3) is 6.33. The van der Waals surface area contributed by atoms with Gasteiger partial charge in [0.1, 0.15) is 0 Å². The van der Waals surface area contributed by atoms with Crippen molar-refractivity contribution in [2.45, 2.75) is 31.8 Å². The lowest BCUT2D eigenvalue weighted by Crippen LogP contribution is -2.47. The Labute approximate surface area is 173 Å². The van der Waals surface area contributed by atoms with Crippen molar-refractivity contribution in [2.75, 3.05) is 26.2 Å². The predicted octanol–water partition coefficient (Wildman–Crippen LogP) is 1.40. The molecule has 0 aromatic heterocycles. The zero-order valence-corrected chi connectivity index (χ0v) is 17.4. The van der Waals surface area contributed by atoms with Gasteiger partial charge in [-0.3, -0.25) is 4.79 Å². The summed E-state index contributed by atoms with van der Waals surface area (Å²) in [7, 11) is -5.26. The average molecular weight is 449 g/mol. The maximum Gasteiger partial charge on any atom is 0.511 e. The molecule has 1 aromatic rings. The van der Waals surface area contributed by atoms with E-state index in [9.17, 15) is 26.4 Å². The highest BCUT2D eigenvalue weighted by Crippen LogP contribution is 2.30. The van der Waals surface area contributed by atoms with Crippen LogP contribution in [0.3, 0.4) is 0 Å². The number of halogens is 3. The number of hydrogen-bond donors (Lipinski definition) is 3. The van der Waals surface area contributed by atoms with Crippen LogP contribution in [-0.2, 0) is 16.6 Å². The first-order valence-electron chi connectivity index (χ1n) is 9.52. The number of nitrogens with zero attached hydrogens (tertiary/aromatic N) is 2. The van der Waals surface area contributed by atoms with E-state index in [1.165, 1.54) is 0 Å². The molecular formula is C18H26F3N5O3S. The Morgan fingerprint density at radius 3 is 2.30 bits per heavy atom. The molecule has 0 saturated carbocycles. The molecule has 4 N–H and O–H groups in total. The first-order chi connectivity index (χ1) is 14.0. The van der Waals surface area contributed by atoms with Crippen LogP contribution in [0.5, 0.6) is 0 Å². The van der Waals surface area contributed by atoms with E-state index >= 15 is 0 Å². The molecule has 8 nitrogen and oxygen atoms in total. The van der Waals surface area contributed by atoms with Crippen molar-refractivity contribution in [1.82, 2.24) is 14.9 Å². The van der Waals surface area contributed by atoms with Crippen LogP contribution < -0.4 is 16.4 Å². The number of carbonyl (C=O) groups excluding carboxylic acids is 1. The first kappa shape index (κ1) is 23.9. The highest BCUT2D eigenvalue weighted by molar-refractivity contribution is 7.90. The summed E-state index contributed by atoms with van der Waals surface area (Å²) in [6.07, 6.45) is 0.659. The Morgan fingerprint density at radius 2 is 1.80 bits per heavy atom. The molecule has 1 aliphatic heterocycles. The number of piperidine rings is 1. The lowest BCUT2D eigenvalue weighted by molar-refractivity contribution is -0.0496. The fourth-order valence-corrected chi connectivity index (χ4v) is 4.01. The standard InChI is InChI=1S/C18H26F3N5O3S/c1-2-23-17(24-11-13-3-5-15(6-4-13)16(22)27)25-12-14-7-9-26(10-8-14)30(28,29)18(19,20)21/h3-6,14H,2,7-12H2,1H3,(H2,22,27)(H2,23,24,25). The van der Waals surface area contributed by atoms with E-state index in [0.717, 1.165) is 5.56 Å². The van der Waals surface area contributed by atoms with E-state index in [1.54, 1.807) is 24.3 Å². The minimum atomic E-state index is -5.27. The molecule has 0 spiro atoms. The maximum atomic E-state index is 12.7. The van der Waals surface area contributed by atoms with Crippen molar-refractivity contribution < 1.29 is 26.4 Å². The van der Waals surface area contributed by atoms with E-state index in [1.807, 2.05) is 6.92 Å². The van der Waals surface area contributed by atoms with Gasteiger partial charge in [-0.15, -0.1) is 0 Å². The lowest BCUT2D eigenvalue weighted by atomic mass is 9.98. The van der Waals surface area contributed by atoms with E-state index in [2.05, 4.69) is 15.6 Å². The number of sulfonamides is 1. The molecule has 1 saturated heterocycles. The largest absolute Gasteiger partial charge is 0.511 e. The predicted molar refractivity (Wildman–Crippen MR) is 107 cm³/mol. The number of alkyl halides is 3. The van der Waals surface area contributed by atoms with Crippen LogP contribution in [0.15, 0.2) is 29.3 Å². The molecule has 1 aromatic carbocycles. The van der Waals surface area contributed by atoms with E-state index < -0.39 is 21.4 Å². The van der Waals surface area contributed by atoms with Crippen LogP contribution in [0.25, 0.3) is 0 Å². The quantitative estimate of drug-likeness (QED) is 0.430. The van der Waals surface area contributed by atoms with Crippen LogP contribution in [0, 0.1) is 5.92 Å². The van der Waals surface area contributed by atoms with Crippen LogP contribution >= 0.6 is 0 Å². The Hall–Kier alpha value is -2.34. The SMILES string of the molecule is CCNC(=NCc1ccc(C(N)=O)cc1)NCC1CCN(S(=O)(=O)C(F)(F)F)CC1. The van der Waals surface area contributed by atoms with Gasteiger partial charge in [0.05, 0.1) is 6.54 Å². The van der Waals surface area contributed by atoms with Gasteiger partial charge in [-0.2, -0.15) is 17.5 Å². The number of rotatable bonds is 7. The summed E-state index contributed by atoms with van der Waals surface area (Å²) < 4.78 is 61.4. The molecule has 1 aliphatic rings. The van der Waals surface area contributed by atoms with Crippen LogP contribution in [0.1, 0.15) is 35.7 Å². The highest BCUT2D eigenvalue weighted by Gasteiger charge is 2.50. The molecular weight excluding hydrogens is 423 g/mol. The normalized spacial score (nSPS) is 17.0. The zero-order chi connectivity index (χ0) is 22.4. The third-order valence-electron chi connectivity index (χ3n) is 4.77. The number of benzene rings is 1. The lowest BCUT2D eigenvalue weighted by Gasteiger charge is -2.31. The molecule has 0 atom stereocenters. The van der Waals surface area contributed by atoms with Crippen molar-refractivity contribution in [1.29, 1.82) is 0 Å². The number of nitrogens with two attached hydrogens (primary N) is 1. The molecule has 168 valence electrons. The van der Waals surface area contributed by atoms with Gasteiger partial charge < -0.3 is 16.4 Å². The minimum Gasteiger partial charge on any atom is -0.366 e. The van der Waals surface area contributed by atoms with Gasteiger partial charge in [-0.05, 0) is 43.4 Å². The minimum absolute atomic E-state index is 0.0309. The summed E-state index contributed by atoms with van der Waals surface area (Å²) in [5.41, 5.74) is 1.23. The van der Waals surface area contributed by atoms with Crippen molar-refractivity contribution in [3.8, 4) is 0 Å². The number of primary amides is 1. The Morgan fingerprint density at radius 1 is 1.20 bits per heavy atom. The number of amides is 1.